The second kappa shape index (κ2) is 11.6. The number of benzene rings is 7. The van der Waals surface area contributed by atoms with E-state index in [2.05, 4.69) is 213 Å². The summed E-state index contributed by atoms with van der Waals surface area (Å²) < 4.78 is 5.33. The van der Waals surface area contributed by atoms with Crippen LogP contribution in [0.2, 0.25) is 0 Å². The molecule has 1 saturated carbocycles. The van der Waals surface area contributed by atoms with Crippen LogP contribution in [-0.2, 0) is 0 Å². The first kappa shape index (κ1) is 31.7. The number of allylic oxidation sites excluding steroid dienone is 3. The summed E-state index contributed by atoms with van der Waals surface area (Å²) in [5.41, 5.74) is 17.1. The number of aromatic nitrogens is 2. The lowest BCUT2D eigenvalue weighted by Gasteiger charge is -2.33. The zero-order valence-corrected chi connectivity index (χ0v) is 32.3. The highest BCUT2D eigenvalue weighted by atomic mass is 15.2. The lowest BCUT2D eigenvalue weighted by Crippen LogP contribution is -2.29. The monoisotopic (exact) mass is 754 g/mol. The van der Waals surface area contributed by atoms with E-state index in [1.807, 2.05) is 0 Å². The number of nitrogens with zero attached hydrogens (tertiary/aromatic N) is 4. The molecule has 10 aromatic rings. The molecule has 7 aromatic carbocycles. The minimum absolute atomic E-state index is 0.233. The Hall–Kier alpha value is -7.30. The molecule has 59 heavy (non-hydrogen) atoms. The molecule has 0 N–H and O–H groups in total. The molecule has 3 aliphatic carbocycles. The summed E-state index contributed by atoms with van der Waals surface area (Å²) in [5.74, 6) is 1.27. The predicted molar refractivity (Wildman–Crippen MR) is 246 cm³/mol. The van der Waals surface area contributed by atoms with Crippen LogP contribution in [0.25, 0.3) is 60.8 Å². The van der Waals surface area contributed by atoms with E-state index >= 15 is 0 Å². The quantitative estimate of drug-likeness (QED) is 0.168. The van der Waals surface area contributed by atoms with Crippen LogP contribution in [0.1, 0.15) is 35.1 Å². The van der Waals surface area contributed by atoms with Gasteiger partial charge in [-0.15, -0.1) is 0 Å². The average Bonchev–Trinajstić information content (AvgIpc) is 3.63. The highest BCUT2D eigenvalue weighted by Crippen LogP contribution is 2.72. The molecule has 4 heterocycles. The minimum Gasteiger partial charge on any atom is -0.334 e. The lowest BCUT2D eigenvalue weighted by molar-refractivity contribution is 0.787. The third-order valence-electron chi connectivity index (χ3n) is 13.9. The van der Waals surface area contributed by atoms with Crippen molar-refractivity contribution in [3.05, 3.63) is 205 Å². The minimum atomic E-state index is 0.233. The molecule has 4 atom stereocenters. The molecule has 0 amide bonds. The Morgan fingerprint density at radius 1 is 0.492 bits per heavy atom. The van der Waals surface area contributed by atoms with Gasteiger partial charge in [-0.3, -0.25) is 0 Å². The van der Waals surface area contributed by atoms with Gasteiger partial charge in [0, 0.05) is 78.7 Å². The van der Waals surface area contributed by atoms with Gasteiger partial charge in [0.05, 0.1) is 39.5 Å². The largest absolute Gasteiger partial charge is 0.334 e. The molecule has 4 aliphatic rings. The van der Waals surface area contributed by atoms with Crippen molar-refractivity contribution in [2.75, 3.05) is 9.80 Å². The SMILES string of the molecule is C1=CCC(N(c2ccccc2)c2cccc3c2c2cccc4c5c(n3c42)C2C3c4cccc6c7c(N(c8ccccc8)c8ccccc8)cccc7n(c46)C(=C5)[C@H]32)C=C1. The second-order valence-corrected chi connectivity index (χ2v) is 16.7. The van der Waals surface area contributed by atoms with Crippen molar-refractivity contribution in [3.8, 4) is 0 Å². The zero-order chi connectivity index (χ0) is 38.3. The Morgan fingerprint density at radius 3 is 1.85 bits per heavy atom. The van der Waals surface area contributed by atoms with Crippen LogP contribution >= 0.6 is 0 Å². The number of para-hydroxylation sites is 5. The summed E-state index contributed by atoms with van der Waals surface area (Å²) in [6, 6.07) is 60.9. The van der Waals surface area contributed by atoms with Gasteiger partial charge >= 0.3 is 0 Å². The Labute approximate surface area is 341 Å². The summed E-state index contributed by atoms with van der Waals surface area (Å²) in [6.07, 6.45) is 12.6. The third-order valence-corrected chi connectivity index (χ3v) is 13.9. The molecule has 1 fully saturated rings. The molecule has 3 aromatic heterocycles. The lowest BCUT2D eigenvalue weighted by atomic mass is 9.97. The Balaban J connectivity index is 1.01. The molecular weight excluding hydrogens is 717 g/mol. The summed E-state index contributed by atoms with van der Waals surface area (Å²) in [5, 5.41) is 6.66. The Kier molecular flexibility index (Phi) is 6.27. The summed E-state index contributed by atoms with van der Waals surface area (Å²) >= 11 is 0. The molecule has 4 heteroatoms. The van der Waals surface area contributed by atoms with Gasteiger partial charge in [-0.1, -0.05) is 127 Å². The zero-order valence-electron chi connectivity index (χ0n) is 32.3. The van der Waals surface area contributed by atoms with E-state index in [9.17, 15) is 0 Å². The van der Waals surface area contributed by atoms with Crippen molar-refractivity contribution in [1.29, 1.82) is 0 Å². The number of fused-ring (bicyclic) bond motifs is 13. The fourth-order valence-corrected chi connectivity index (χ4v) is 11.7. The molecule has 14 rings (SSSR count). The molecule has 0 saturated heterocycles. The van der Waals surface area contributed by atoms with Crippen molar-refractivity contribution < 1.29 is 0 Å². The van der Waals surface area contributed by atoms with Crippen molar-refractivity contribution >= 4 is 89.2 Å². The number of rotatable bonds is 6. The van der Waals surface area contributed by atoms with Crippen LogP contribution in [-0.4, -0.2) is 15.0 Å². The maximum Gasteiger partial charge on any atom is 0.0618 e. The maximum atomic E-state index is 2.68. The van der Waals surface area contributed by atoms with Crippen LogP contribution in [0, 0.1) is 5.92 Å². The summed E-state index contributed by atoms with van der Waals surface area (Å²) in [4.78, 5) is 5.00. The summed E-state index contributed by atoms with van der Waals surface area (Å²) in [6.45, 7) is 0. The third kappa shape index (κ3) is 4.13. The predicted octanol–water partition coefficient (Wildman–Crippen LogP) is 14.1. The van der Waals surface area contributed by atoms with Crippen molar-refractivity contribution in [1.82, 2.24) is 8.97 Å². The van der Waals surface area contributed by atoms with Gasteiger partial charge in [0.15, 0.2) is 0 Å². The second-order valence-electron chi connectivity index (χ2n) is 16.7. The van der Waals surface area contributed by atoms with Gasteiger partial charge in [0.1, 0.15) is 0 Å². The highest BCUT2D eigenvalue weighted by molar-refractivity contribution is 6.23. The highest BCUT2D eigenvalue weighted by Gasteiger charge is 2.61. The van der Waals surface area contributed by atoms with Crippen LogP contribution in [0.15, 0.2) is 188 Å². The first-order chi connectivity index (χ1) is 29.3. The van der Waals surface area contributed by atoms with Crippen LogP contribution in [0.4, 0.5) is 28.4 Å². The van der Waals surface area contributed by atoms with Gasteiger partial charge in [-0.05, 0) is 78.7 Å². The van der Waals surface area contributed by atoms with Crippen molar-refractivity contribution in [2.24, 2.45) is 5.92 Å². The first-order valence-electron chi connectivity index (χ1n) is 21.0. The molecular formula is C55H38N4. The van der Waals surface area contributed by atoms with E-state index in [-0.39, 0.29) is 6.04 Å². The van der Waals surface area contributed by atoms with E-state index in [0.29, 0.717) is 17.8 Å². The van der Waals surface area contributed by atoms with Crippen LogP contribution in [0.3, 0.4) is 0 Å². The number of hydrogen-bond donors (Lipinski definition) is 0. The van der Waals surface area contributed by atoms with Crippen LogP contribution < -0.4 is 9.80 Å². The van der Waals surface area contributed by atoms with E-state index in [1.54, 1.807) is 0 Å². The van der Waals surface area contributed by atoms with E-state index in [4.69, 9.17) is 0 Å². The van der Waals surface area contributed by atoms with Crippen molar-refractivity contribution in [3.63, 3.8) is 0 Å². The van der Waals surface area contributed by atoms with E-state index in [0.717, 1.165) is 17.8 Å². The molecule has 0 spiro atoms. The average molecular weight is 755 g/mol. The van der Waals surface area contributed by atoms with Gasteiger partial charge in [-0.2, -0.15) is 0 Å². The van der Waals surface area contributed by atoms with Gasteiger partial charge < -0.3 is 18.8 Å². The summed E-state index contributed by atoms with van der Waals surface area (Å²) in [7, 11) is 0. The molecule has 0 bridgehead atoms. The first-order valence-corrected chi connectivity index (χ1v) is 21.0. The van der Waals surface area contributed by atoms with Crippen LogP contribution in [0.5, 0.6) is 0 Å². The number of anilines is 5. The molecule has 1 aliphatic heterocycles. The molecule has 3 unspecified atom stereocenters. The topological polar surface area (TPSA) is 15.8 Å². The standard InChI is InChI=1S/C55H38N4/c1-5-17-34(18-6-1)56(35-19-7-2-8-20-35)43-29-15-31-45-48(43)40-27-14-28-41-50-51-47(58(45)54(40)41)33-42-38-25-13-26-39-49-44(30-16-32-46(49)59(53(38)39)55(42)52(50)51)57(36-21-9-3-10-22-36)37-23-11-4-12-24-37/h1-23,25-33,37,50-52H,24H2/t37?,50?,51-,52?/m1/s1. The Bertz CT molecular complexity index is 3400. The Morgan fingerprint density at radius 2 is 1.12 bits per heavy atom. The fourth-order valence-electron chi connectivity index (χ4n) is 11.7. The molecule has 278 valence electrons. The normalized spacial score (nSPS) is 19.8. The molecule has 0 radical (unpaired) electrons. The van der Waals surface area contributed by atoms with E-state index < -0.39 is 0 Å². The van der Waals surface area contributed by atoms with Gasteiger partial charge in [0.2, 0.25) is 0 Å². The maximum absolute atomic E-state index is 2.68. The number of hydrogen-bond acceptors (Lipinski definition) is 2. The fraction of sp³-hybridized carbons (Fsp3) is 0.0909. The van der Waals surface area contributed by atoms with E-state index in [1.165, 1.54) is 88.6 Å². The van der Waals surface area contributed by atoms with Gasteiger partial charge in [0.25, 0.3) is 0 Å². The molecule has 4 nitrogen and oxygen atoms in total. The van der Waals surface area contributed by atoms with Gasteiger partial charge in [-0.25, -0.2) is 0 Å². The smallest absolute Gasteiger partial charge is 0.0618 e. The van der Waals surface area contributed by atoms with Crippen molar-refractivity contribution in [2.45, 2.75) is 24.3 Å².